The molecule has 0 unspecified atom stereocenters. The van der Waals surface area contributed by atoms with Gasteiger partial charge in [0.25, 0.3) is 0 Å². The number of hydrogen-bond donors (Lipinski definition) is 0. The van der Waals surface area contributed by atoms with Gasteiger partial charge in [0.2, 0.25) is 0 Å². The normalized spacial score (nSPS) is 13.8. The third-order valence-corrected chi connectivity index (χ3v) is 14.0. The number of furan rings is 1. The van der Waals surface area contributed by atoms with E-state index >= 15 is 0 Å². The summed E-state index contributed by atoms with van der Waals surface area (Å²) in [6.07, 6.45) is 1.60. The van der Waals surface area contributed by atoms with E-state index in [0.29, 0.717) is 22.0 Å². The van der Waals surface area contributed by atoms with Gasteiger partial charge in [-0.15, -0.1) is 47.5 Å². The number of imidazole rings is 1. The molecule has 0 aliphatic rings. The van der Waals surface area contributed by atoms with Crippen molar-refractivity contribution in [3.63, 3.8) is 0 Å². The molecule has 0 fully saturated rings. The van der Waals surface area contributed by atoms with Crippen LogP contribution in [0.15, 0.2) is 205 Å². The monoisotopic (exact) mass is 1160 g/mol. The van der Waals surface area contributed by atoms with Gasteiger partial charge in [-0.2, -0.15) is 0 Å². The SMILES string of the molecule is CC(C)c1cc(-c2ccccc2)cc(C(C)C)c1-n1c(-c2[c-]ccc3c2oc2cc(-c4ccccc4)ccc23)nc2ccccc21.[2H]C([2H])([2H])c1c[c-]c(-c2ccccn2)cc1-n1c2c(C([2H])([2H])[2H])cccc2c2cccc(C([2H])([2H])[2H])c21.[Ir]. The van der Waals surface area contributed by atoms with Crippen LogP contribution in [-0.4, -0.2) is 19.1 Å². The van der Waals surface area contributed by atoms with Gasteiger partial charge in [-0.25, -0.2) is 0 Å². The maximum absolute atomic E-state index is 8.22. The fourth-order valence-corrected chi connectivity index (χ4v) is 10.4. The maximum atomic E-state index is 8.22. The Balaban J connectivity index is 0.000000178. The van der Waals surface area contributed by atoms with Crippen LogP contribution in [0.2, 0.25) is 0 Å². The Labute approximate surface area is 465 Å². The van der Waals surface area contributed by atoms with Crippen molar-refractivity contribution >= 4 is 54.8 Å². The van der Waals surface area contributed by atoms with Gasteiger partial charge < -0.3 is 18.5 Å². The van der Waals surface area contributed by atoms with Crippen LogP contribution in [0.3, 0.4) is 0 Å². The Bertz CT molecular complexity index is 4480. The van der Waals surface area contributed by atoms with E-state index in [2.05, 4.69) is 165 Å². The number of rotatable bonds is 8. The van der Waals surface area contributed by atoms with Crippen LogP contribution >= 0.6 is 0 Å². The van der Waals surface area contributed by atoms with Gasteiger partial charge in [-0.3, -0.25) is 4.98 Å². The number of benzene rings is 9. The first-order valence-electron chi connectivity index (χ1n) is 29.4. The molecule has 75 heavy (non-hydrogen) atoms. The quantitative estimate of drug-likeness (QED) is 0.142. The van der Waals surface area contributed by atoms with Gasteiger partial charge in [-0.1, -0.05) is 179 Å². The number of para-hydroxylation sites is 4. The number of hydrogen-bond acceptors (Lipinski definition) is 3. The van der Waals surface area contributed by atoms with Crippen LogP contribution in [0.5, 0.6) is 0 Å². The molecule has 0 aliphatic heterocycles. The van der Waals surface area contributed by atoms with Gasteiger partial charge in [0.15, 0.2) is 0 Å². The molecule has 0 bridgehead atoms. The number of pyridine rings is 1. The van der Waals surface area contributed by atoms with Crippen molar-refractivity contribution < 1.29 is 36.9 Å². The Kier molecular flexibility index (Phi) is 10.6. The third-order valence-electron chi connectivity index (χ3n) is 14.0. The Morgan fingerprint density at radius 1 is 0.533 bits per heavy atom. The molecular weight excluding hydrogens is 1090 g/mol. The van der Waals surface area contributed by atoms with Gasteiger partial charge in [0, 0.05) is 60.5 Å². The van der Waals surface area contributed by atoms with Crippen molar-refractivity contribution in [3.8, 4) is 56.3 Å². The van der Waals surface area contributed by atoms with Gasteiger partial charge in [0.1, 0.15) is 5.58 Å². The first-order chi connectivity index (χ1) is 39.8. The zero-order valence-electron chi connectivity index (χ0n) is 50.7. The molecule has 4 aromatic heterocycles. The molecule has 1 radical (unpaired) electrons. The van der Waals surface area contributed by atoms with Crippen molar-refractivity contribution in [2.75, 3.05) is 0 Å². The van der Waals surface area contributed by atoms with Crippen LogP contribution in [0.25, 0.3) is 111 Å². The van der Waals surface area contributed by atoms with Crippen molar-refractivity contribution in [2.24, 2.45) is 0 Å². The predicted octanol–water partition coefficient (Wildman–Crippen LogP) is 18.5. The minimum absolute atomic E-state index is 0. The third kappa shape index (κ3) is 8.78. The minimum Gasteiger partial charge on any atom is -0.501 e. The van der Waals surface area contributed by atoms with Gasteiger partial charge in [0.05, 0.1) is 33.5 Å². The van der Waals surface area contributed by atoms with E-state index in [1.807, 2.05) is 12.1 Å². The summed E-state index contributed by atoms with van der Waals surface area (Å²) in [4.78, 5) is 9.64. The Morgan fingerprint density at radius 2 is 1.17 bits per heavy atom. The summed E-state index contributed by atoms with van der Waals surface area (Å²) in [5.41, 5.74) is 14.6. The van der Waals surface area contributed by atoms with Crippen molar-refractivity contribution in [3.05, 3.63) is 240 Å². The molecule has 6 heteroatoms. The summed E-state index contributed by atoms with van der Waals surface area (Å²) in [5.74, 6) is 1.41. The fraction of sp³-hybridized carbons (Fsp3) is 0.130. The van der Waals surface area contributed by atoms with Crippen LogP contribution in [0.1, 0.15) is 79.7 Å². The number of aryl methyl sites for hydroxylation is 3. The van der Waals surface area contributed by atoms with Gasteiger partial charge in [-0.05, 0) is 118 Å². The fourth-order valence-electron chi connectivity index (χ4n) is 10.4. The second kappa shape index (κ2) is 20.3. The molecule has 0 saturated heterocycles. The molecule has 13 aromatic rings. The maximum Gasteiger partial charge on any atom is 0.121 e. The Morgan fingerprint density at radius 3 is 1.81 bits per heavy atom. The minimum atomic E-state index is -2.60. The smallest absolute Gasteiger partial charge is 0.121 e. The second-order valence-electron chi connectivity index (χ2n) is 19.3. The number of nitrogens with zero attached hydrogens (tertiary/aromatic N) is 4. The molecule has 9 aromatic carbocycles. The second-order valence-corrected chi connectivity index (χ2v) is 19.3. The summed E-state index contributed by atoms with van der Waals surface area (Å²) >= 11 is 0. The first-order valence-corrected chi connectivity index (χ1v) is 24.9. The van der Waals surface area contributed by atoms with Crippen molar-refractivity contribution in [1.29, 1.82) is 0 Å². The molecule has 13 rings (SSSR count). The molecule has 0 amide bonds. The molecular formula is C69H56IrN4O-2. The average Bonchev–Trinajstić information content (AvgIpc) is 1.91. The molecule has 0 aliphatic carbocycles. The molecule has 0 N–H and O–H groups in total. The van der Waals surface area contributed by atoms with Crippen molar-refractivity contribution in [1.82, 2.24) is 19.1 Å². The topological polar surface area (TPSA) is 48.8 Å². The van der Waals surface area contributed by atoms with Crippen molar-refractivity contribution in [2.45, 2.75) is 60.1 Å². The molecule has 0 spiro atoms. The van der Waals surface area contributed by atoms with E-state index in [1.165, 1.54) is 56.3 Å². The number of aromatic nitrogens is 4. The first kappa shape index (κ1) is 39.3. The number of fused-ring (bicyclic) bond motifs is 7. The zero-order valence-corrected chi connectivity index (χ0v) is 44.1. The Hall–Kier alpha value is -8.15. The van der Waals surface area contributed by atoms with E-state index in [-0.39, 0.29) is 65.4 Å². The predicted molar refractivity (Wildman–Crippen MR) is 309 cm³/mol. The van der Waals surface area contributed by atoms with E-state index in [1.54, 1.807) is 54.7 Å². The molecule has 0 atom stereocenters. The molecule has 369 valence electrons. The van der Waals surface area contributed by atoms with Crippen LogP contribution in [-0.2, 0) is 20.1 Å². The van der Waals surface area contributed by atoms with Crippen LogP contribution in [0, 0.1) is 32.7 Å². The van der Waals surface area contributed by atoms with E-state index in [4.69, 9.17) is 21.7 Å². The van der Waals surface area contributed by atoms with E-state index < -0.39 is 20.6 Å². The largest absolute Gasteiger partial charge is 0.501 e. The molecule has 0 saturated carbocycles. The average molecular weight is 1160 g/mol. The summed E-state index contributed by atoms with van der Waals surface area (Å²) in [6, 6.07) is 69.3. The van der Waals surface area contributed by atoms with E-state index in [0.717, 1.165) is 49.9 Å². The molecule has 5 nitrogen and oxygen atoms in total. The van der Waals surface area contributed by atoms with Crippen LogP contribution < -0.4 is 0 Å². The summed E-state index contributed by atoms with van der Waals surface area (Å²) in [5, 5.41) is 3.18. The van der Waals surface area contributed by atoms with E-state index in [9.17, 15) is 0 Å². The van der Waals surface area contributed by atoms with Gasteiger partial charge >= 0.3 is 0 Å². The summed E-state index contributed by atoms with van der Waals surface area (Å²) in [7, 11) is 0. The van der Waals surface area contributed by atoms with Crippen LogP contribution in [0.4, 0.5) is 0 Å². The summed E-state index contributed by atoms with van der Waals surface area (Å²) < 4.78 is 84.4. The zero-order chi connectivity index (χ0) is 58.1. The summed E-state index contributed by atoms with van der Waals surface area (Å²) in [6.45, 7) is 1.45. The molecule has 4 heterocycles. The standard InChI is InChI=1S/C43H35N2O.C26H21N2.Ir/c1-27(2)36-24-32(30-16-9-6-10-17-30)25-37(28(3)4)41(36)45-39-21-12-11-20-38(39)44-43(45)35-19-13-18-34-33-23-22-31(26-40(33)46-42(34)35)29-14-7-5-8-15-29;1-17-13-14-20(23-12-4-5-15-27-23)16-24(17)28-25-18(2)8-6-10-21(25)22-11-7-9-19(3)26(22)28;/h5-18,20-28H,1-4H3;4-13,15-16H,1-3H3;/q2*-1;/i;1D3,2D3,3D3;.